The number of anilines is 2. The van der Waals surface area contributed by atoms with Gasteiger partial charge >= 0.3 is 6.03 Å². The maximum atomic E-state index is 14.1. The molecule has 3 aromatic carbocycles. The van der Waals surface area contributed by atoms with Crippen LogP contribution in [0.5, 0.6) is 0 Å². The van der Waals surface area contributed by atoms with Crippen LogP contribution in [-0.2, 0) is 0 Å². The number of benzene rings is 3. The molecule has 0 spiro atoms. The van der Waals surface area contributed by atoms with E-state index in [1.807, 2.05) is 25.2 Å². The minimum Gasteiger partial charge on any atom is -0.394 e. The van der Waals surface area contributed by atoms with E-state index in [1.165, 1.54) is 6.07 Å². The van der Waals surface area contributed by atoms with Crippen molar-refractivity contribution < 1.29 is 14.3 Å². The molecule has 5 rings (SSSR count). The topological polar surface area (TPSA) is 55.8 Å². The molecule has 32 heavy (non-hydrogen) atoms. The van der Waals surface area contributed by atoms with Crippen LogP contribution in [0.3, 0.4) is 0 Å². The Morgan fingerprint density at radius 1 is 1.06 bits per heavy atom. The molecular weight excluding hydrogens is 405 g/mol. The van der Waals surface area contributed by atoms with E-state index in [0.717, 1.165) is 28.8 Å². The van der Waals surface area contributed by atoms with Gasteiger partial charge in [0.05, 0.1) is 24.4 Å². The Labute approximate surface area is 187 Å². The average Bonchev–Trinajstić information content (AvgIpc) is 3.26. The van der Waals surface area contributed by atoms with Crippen molar-refractivity contribution >= 4 is 17.4 Å². The van der Waals surface area contributed by atoms with Crippen LogP contribution < -0.4 is 10.2 Å². The van der Waals surface area contributed by atoms with Crippen molar-refractivity contribution in [2.24, 2.45) is 5.92 Å². The molecule has 3 aromatic rings. The number of urea groups is 1. The number of likely N-dealkylation sites (tertiary alicyclic amines) is 1. The lowest BCUT2D eigenvalue weighted by Crippen LogP contribution is -2.48. The van der Waals surface area contributed by atoms with E-state index in [2.05, 4.69) is 40.5 Å². The monoisotopic (exact) mass is 431 g/mol. The van der Waals surface area contributed by atoms with Crippen LogP contribution in [0, 0.1) is 11.7 Å². The van der Waals surface area contributed by atoms with Crippen LogP contribution in [-0.4, -0.2) is 42.3 Å². The lowest BCUT2D eigenvalue weighted by molar-refractivity contribution is 0.168. The Morgan fingerprint density at radius 3 is 2.56 bits per heavy atom. The number of nitrogens with one attached hydrogen (secondary N) is 1. The first-order valence-corrected chi connectivity index (χ1v) is 10.9. The van der Waals surface area contributed by atoms with Crippen molar-refractivity contribution in [1.29, 1.82) is 0 Å². The van der Waals surface area contributed by atoms with E-state index in [9.17, 15) is 14.3 Å². The van der Waals surface area contributed by atoms with Crippen LogP contribution in [0.15, 0.2) is 72.8 Å². The summed E-state index contributed by atoms with van der Waals surface area (Å²) in [5, 5.41) is 12.9. The largest absolute Gasteiger partial charge is 0.394 e. The number of aliphatic hydroxyl groups excluding tert-OH is 1. The molecule has 1 saturated heterocycles. The van der Waals surface area contributed by atoms with Gasteiger partial charge in [-0.3, -0.25) is 0 Å². The van der Waals surface area contributed by atoms with Crippen molar-refractivity contribution in [3.8, 4) is 11.1 Å². The summed E-state index contributed by atoms with van der Waals surface area (Å²) in [6, 6.07) is 22.1. The quantitative estimate of drug-likeness (QED) is 0.620. The van der Waals surface area contributed by atoms with E-state index in [0.29, 0.717) is 6.54 Å². The Bertz CT molecular complexity index is 1140. The highest BCUT2D eigenvalue weighted by Crippen LogP contribution is 2.49. The summed E-state index contributed by atoms with van der Waals surface area (Å²) < 4.78 is 14.1. The maximum absolute atomic E-state index is 14.1. The van der Waals surface area contributed by atoms with Crippen molar-refractivity contribution in [1.82, 2.24) is 4.90 Å². The molecular formula is C26H26FN3O2. The van der Waals surface area contributed by atoms with E-state index in [1.54, 1.807) is 23.1 Å². The summed E-state index contributed by atoms with van der Waals surface area (Å²) in [6.07, 6.45) is 0.778. The number of rotatable bonds is 3. The van der Waals surface area contributed by atoms with Crippen LogP contribution in [0.4, 0.5) is 20.6 Å². The van der Waals surface area contributed by atoms with Gasteiger partial charge in [-0.15, -0.1) is 0 Å². The number of carbonyl (C=O) groups excluding carboxylic acids is 1. The molecule has 2 aliphatic rings. The number of fused-ring (bicyclic) bond motifs is 3. The van der Waals surface area contributed by atoms with Crippen LogP contribution in [0.2, 0.25) is 0 Å². The molecule has 0 bridgehead atoms. The zero-order valence-electron chi connectivity index (χ0n) is 17.9. The number of carbonyl (C=O) groups is 1. The van der Waals surface area contributed by atoms with E-state index in [4.69, 9.17) is 0 Å². The first-order chi connectivity index (χ1) is 15.6. The van der Waals surface area contributed by atoms with E-state index >= 15 is 0 Å². The highest BCUT2D eigenvalue weighted by molar-refractivity contribution is 5.90. The second kappa shape index (κ2) is 8.28. The number of hydrogen-bond donors (Lipinski definition) is 2. The third-order valence-electron chi connectivity index (χ3n) is 6.83. The van der Waals surface area contributed by atoms with Gasteiger partial charge in [0.1, 0.15) is 5.82 Å². The Hall–Kier alpha value is -3.38. The highest BCUT2D eigenvalue weighted by Gasteiger charge is 2.47. The fourth-order valence-corrected chi connectivity index (χ4v) is 5.24. The van der Waals surface area contributed by atoms with Gasteiger partial charge < -0.3 is 20.2 Å². The zero-order valence-corrected chi connectivity index (χ0v) is 17.9. The van der Waals surface area contributed by atoms with Crippen LogP contribution in [0.1, 0.15) is 18.0 Å². The fourth-order valence-electron chi connectivity index (χ4n) is 5.24. The number of hydrogen-bond acceptors (Lipinski definition) is 3. The SMILES string of the molecule is CN1c2ccc(-c3ccccc3)cc2[C@H]2[C@H](CCN2C(=O)Nc2ccccc2F)[C@H]1CO. The van der Waals surface area contributed by atoms with E-state index < -0.39 is 5.82 Å². The number of nitrogens with zero attached hydrogens (tertiary/aromatic N) is 2. The van der Waals surface area contributed by atoms with Gasteiger partial charge in [-0.1, -0.05) is 48.5 Å². The van der Waals surface area contributed by atoms with Crippen LogP contribution >= 0.6 is 0 Å². The lowest BCUT2D eigenvalue weighted by Gasteiger charge is -2.44. The summed E-state index contributed by atoms with van der Waals surface area (Å²) >= 11 is 0. The number of halogens is 1. The predicted molar refractivity (Wildman–Crippen MR) is 124 cm³/mol. The Morgan fingerprint density at radius 2 is 1.81 bits per heavy atom. The maximum Gasteiger partial charge on any atom is 0.322 e. The number of aliphatic hydroxyl groups is 1. The lowest BCUT2D eigenvalue weighted by atomic mass is 9.81. The first-order valence-electron chi connectivity index (χ1n) is 10.9. The standard InChI is InChI=1S/C26H26FN3O2/c1-29-23-12-11-18(17-7-3-2-4-8-17)15-20(23)25-19(24(29)16-31)13-14-30(25)26(32)28-22-10-6-5-9-21(22)27/h2-12,15,19,24-25,31H,13-14,16H2,1H3,(H,28,32)/t19-,24-,25-/m1/s1. The smallest absolute Gasteiger partial charge is 0.322 e. The number of para-hydroxylation sites is 1. The molecule has 0 unspecified atom stereocenters. The molecule has 0 saturated carbocycles. The van der Waals surface area contributed by atoms with Gasteiger partial charge in [0.25, 0.3) is 0 Å². The molecule has 0 aliphatic carbocycles. The van der Waals surface area contributed by atoms with Gasteiger partial charge in [0.15, 0.2) is 0 Å². The molecule has 2 heterocycles. The highest BCUT2D eigenvalue weighted by atomic mass is 19.1. The van der Waals surface area contributed by atoms with Crippen LogP contribution in [0.25, 0.3) is 11.1 Å². The molecule has 2 aliphatic heterocycles. The summed E-state index contributed by atoms with van der Waals surface area (Å²) in [5.41, 5.74) is 4.44. The normalized spacial score (nSPS) is 21.8. The van der Waals surface area contributed by atoms with Crippen molar-refractivity contribution in [2.75, 3.05) is 30.4 Å². The molecule has 1 fully saturated rings. The van der Waals surface area contributed by atoms with Crippen molar-refractivity contribution in [3.05, 3.63) is 84.2 Å². The van der Waals surface area contributed by atoms with Crippen molar-refractivity contribution in [2.45, 2.75) is 18.5 Å². The van der Waals surface area contributed by atoms with Gasteiger partial charge in [-0.25, -0.2) is 9.18 Å². The van der Waals surface area contributed by atoms with Gasteiger partial charge in [-0.2, -0.15) is 0 Å². The molecule has 0 radical (unpaired) electrons. The van der Waals surface area contributed by atoms with Crippen molar-refractivity contribution in [3.63, 3.8) is 0 Å². The summed E-state index contributed by atoms with van der Waals surface area (Å²) in [4.78, 5) is 17.2. The zero-order chi connectivity index (χ0) is 22.2. The molecule has 164 valence electrons. The second-order valence-electron chi connectivity index (χ2n) is 8.50. The summed E-state index contributed by atoms with van der Waals surface area (Å²) in [6.45, 7) is 0.565. The molecule has 2 N–H and O–H groups in total. The summed E-state index contributed by atoms with van der Waals surface area (Å²) in [5.74, 6) is -0.366. The predicted octanol–water partition coefficient (Wildman–Crippen LogP) is 4.90. The Balaban J connectivity index is 1.54. The molecule has 2 amide bonds. The number of likely N-dealkylation sites (N-methyl/N-ethyl adjacent to an activating group) is 1. The molecule has 0 aromatic heterocycles. The average molecular weight is 432 g/mol. The fraction of sp³-hybridized carbons (Fsp3) is 0.269. The number of amides is 2. The third-order valence-corrected chi connectivity index (χ3v) is 6.83. The molecule has 5 nitrogen and oxygen atoms in total. The van der Waals surface area contributed by atoms with Gasteiger partial charge in [0, 0.05) is 25.2 Å². The van der Waals surface area contributed by atoms with E-state index in [-0.39, 0.29) is 36.3 Å². The second-order valence-corrected chi connectivity index (χ2v) is 8.50. The van der Waals surface area contributed by atoms with Gasteiger partial charge in [-0.05, 0) is 47.4 Å². The molecule has 3 atom stereocenters. The van der Waals surface area contributed by atoms with Gasteiger partial charge in [0.2, 0.25) is 0 Å². The minimum absolute atomic E-state index is 0.0142. The minimum atomic E-state index is -0.458. The molecule has 6 heteroatoms. The Kier molecular flexibility index (Phi) is 5.31. The summed E-state index contributed by atoms with van der Waals surface area (Å²) in [7, 11) is 2.00. The first kappa shape index (κ1) is 20.5. The third kappa shape index (κ3) is 3.41.